The van der Waals surface area contributed by atoms with Crippen LogP contribution in [0.15, 0.2) is 24.3 Å². The van der Waals surface area contributed by atoms with E-state index in [1.807, 2.05) is 18.2 Å². The molecule has 0 nitrogen and oxygen atoms in total. The lowest BCUT2D eigenvalue weighted by atomic mass is 9.99. The van der Waals surface area contributed by atoms with E-state index < -0.39 is 0 Å². The highest BCUT2D eigenvalue weighted by Gasteiger charge is 2.01. The first-order chi connectivity index (χ1) is 5.24. The minimum Gasteiger partial charge on any atom is -0.0843 e. The molecule has 0 bridgehead atoms. The summed E-state index contributed by atoms with van der Waals surface area (Å²) in [5.74, 6) is 0.508. The van der Waals surface area contributed by atoms with Crippen molar-refractivity contribution < 1.29 is 0 Å². The topological polar surface area (TPSA) is 0 Å². The van der Waals surface area contributed by atoms with E-state index in [0.717, 1.165) is 11.4 Å². The Kier molecular flexibility index (Phi) is 2.95. The van der Waals surface area contributed by atoms with Gasteiger partial charge in [0, 0.05) is 5.02 Å². The highest BCUT2D eigenvalue weighted by molar-refractivity contribution is 6.30. The van der Waals surface area contributed by atoms with Gasteiger partial charge < -0.3 is 0 Å². The number of rotatable bonds is 2. The van der Waals surface area contributed by atoms with Crippen LogP contribution in [0.5, 0.6) is 0 Å². The Morgan fingerprint density at radius 3 is 2.82 bits per heavy atom. The van der Waals surface area contributed by atoms with Crippen molar-refractivity contribution in [1.29, 1.82) is 0 Å². The summed E-state index contributed by atoms with van der Waals surface area (Å²) in [6.07, 6.45) is 0.917. The fourth-order valence-corrected chi connectivity index (χ4v) is 1.18. The molecule has 1 unspecified atom stereocenters. The molecule has 0 saturated carbocycles. The normalized spacial score (nSPS) is 13.0. The molecule has 1 aromatic carbocycles. The van der Waals surface area contributed by atoms with Crippen LogP contribution in [0.3, 0.4) is 0 Å². The third-order valence-electron chi connectivity index (χ3n) is 1.85. The van der Waals surface area contributed by atoms with Crippen molar-refractivity contribution in [2.24, 2.45) is 0 Å². The van der Waals surface area contributed by atoms with E-state index in [0.29, 0.717) is 5.92 Å². The first-order valence-electron chi connectivity index (χ1n) is 3.78. The number of halogens is 1. The molecule has 0 fully saturated rings. The van der Waals surface area contributed by atoms with Gasteiger partial charge in [0.2, 0.25) is 0 Å². The van der Waals surface area contributed by atoms with Crippen molar-refractivity contribution in [3.05, 3.63) is 41.8 Å². The molecule has 1 atom stereocenters. The standard InChI is InChI=1S/C10H12Cl/c1-3-8(2)9-5-4-6-10(11)7-9/h4-8H,1,3H2,2H3. The van der Waals surface area contributed by atoms with E-state index >= 15 is 0 Å². The van der Waals surface area contributed by atoms with Crippen LogP contribution >= 0.6 is 11.6 Å². The summed E-state index contributed by atoms with van der Waals surface area (Å²) in [6.45, 7) is 6.00. The van der Waals surface area contributed by atoms with Gasteiger partial charge in [0.25, 0.3) is 0 Å². The first-order valence-corrected chi connectivity index (χ1v) is 4.16. The SMILES string of the molecule is [CH2]CC(C)c1cccc(Cl)c1. The maximum absolute atomic E-state index is 5.83. The Balaban J connectivity index is 2.86. The molecule has 0 spiro atoms. The van der Waals surface area contributed by atoms with Crippen LogP contribution in [0.25, 0.3) is 0 Å². The zero-order valence-electron chi connectivity index (χ0n) is 6.68. The van der Waals surface area contributed by atoms with Gasteiger partial charge in [-0.25, -0.2) is 0 Å². The second-order valence-corrected chi connectivity index (χ2v) is 3.18. The second kappa shape index (κ2) is 3.77. The molecule has 59 valence electrons. The first kappa shape index (κ1) is 8.61. The Labute approximate surface area is 73.2 Å². The summed E-state index contributed by atoms with van der Waals surface area (Å²) in [6, 6.07) is 7.95. The summed E-state index contributed by atoms with van der Waals surface area (Å²) in [4.78, 5) is 0. The van der Waals surface area contributed by atoms with Crippen LogP contribution in [-0.2, 0) is 0 Å². The maximum Gasteiger partial charge on any atom is 0.0408 e. The van der Waals surface area contributed by atoms with Crippen LogP contribution < -0.4 is 0 Å². The Bertz CT molecular complexity index is 230. The van der Waals surface area contributed by atoms with Crippen molar-refractivity contribution in [1.82, 2.24) is 0 Å². The fraction of sp³-hybridized carbons (Fsp3) is 0.300. The lowest BCUT2D eigenvalue weighted by Crippen LogP contribution is -1.89. The molecule has 0 heterocycles. The largest absolute Gasteiger partial charge is 0.0843 e. The van der Waals surface area contributed by atoms with E-state index in [1.54, 1.807) is 0 Å². The fourth-order valence-electron chi connectivity index (χ4n) is 0.980. The number of benzene rings is 1. The molecule has 11 heavy (non-hydrogen) atoms. The third-order valence-corrected chi connectivity index (χ3v) is 2.09. The highest BCUT2D eigenvalue weighted by Crippen LogP contribution is 2.21. The number of hydrogen-bond acceptors (Lipinski definition) is 0. The average molecular weight is 168 g/mol. The molecule has 1 rings (SSSR count). The van der Waals surface area contributed by atoms with Crippen molar-refractivity contribution in [2.45, 2.75) is 19.3 Å². The highest BCUT2D eigenvalue weighted by atomic mass is 35.5. The van der Waals surface area contributed by atoms with Gasteiger partial charge in [-0.1, -0.05) is 37.6 Å². The second-order valence-electron chi connectivity index (χ2n) is 2.74. The monoisotopic (exact) mass is 167 g/mol. The van der Waals surface area contributed by atoms with Crippen LogP contribution in [0.4, 0.5) is 0 Å². The molecule has 1 heteroatoms. The van der Waals surface area contributed by atoms with Crippen LogP contribution in [0, 0.1) is 6.92 Å². The molecule has 1 radical (unpaired) electrons. The predicted molar refractivity (Wildman–Crippen MR) is 49.8 cm³/mol. The van der Waals surface area contributed by atoms with E-state index in [1.165, 1.54) is 5.56 Å². The van der Waals surface area contributed by atoms with Gasteiger partial charge in [0.15, 0.2) is 0 Å². The van der Waals surface area contributed by atoms with E-state index in [-0.39, 0.29) is 0 Å². The minimum absolute atomic E-state index is 0.508. The van der Waals surface area contributed by atoms with Crippen LogP contribution in [-0.4, -0.2) is 0 Å². The molecule has 0 aromatic heterocycles. The van der Waals surface area contributed by atoms with Crippen LogP contribution in [0.2, 0.25) is 5.02 Å². The summed E-state index contributed by atoms with van der Waals surface area (Å²) >= 11 is 5.83. The number of hydrogen-bond donors (Lipinski definition) is 0. The van der Waals surface area contributed by atoms with Gasteiger partial charge >= 0.3 is 0 Å². The molecular weight excluding hydrogens is 156 g/mol. The van der Waals surface area contributed by atoms with Gasteiger partial charge in [-0.05, 0) is 30.0 Å². The van der Waals surface area contributed by atoms with Gasteiger partial charge in [0.1, 0.15) is 0 Å². The summed E-state index contributed by atoms with van der Waals surface area (Å²) < 4.78 is 0. The predicted octanol–water partition coefficient (Wildman–Crippen LogP) is 3.67. The minimum atomic E-state index is 0.508. The Morgan fingerprint density at radius 2 is 2.27 bits per heavy atom. The van der Waals surface area contributed by atoms with E-state index in [9.17, 15) is 0 Å². The molecular formula is C10H12Cl. The molecule has 0 aliphatic rings. The lowest BCUT2D eigenvalue weighted by molar-refractivity contribution is 0.778. The van der Waals surface area contributed by atoms with Gasteiger partial charge in [-0.15, -0.1) is 0 Å². The van der Waals surface area contributed by atoms with E-state index in [2.05, 4.69) is 19.9 Å². The summed E-state index contributed by atoms with van der Waals surface area (Å²) in [5, 5.41) is 0.808. The molecule has 0 N–H and O–H groups in total. The quantitative estimate of drug-likeness (QED) is 0.631. The summed E-state index contributed by atoms with van der Waals surface area (Å²) in [5.41, 5.74) is 1.27. The molecule has 0 saturated heterocycles. The molecule has 0 amide bonds. The molecule has 1 aromatic rings. The smallest absolute Gasteiger partial charge is 0.0408 e. The average Bonchev–Trinajstić information content (AvgIpc) is 2.03. The van der Waals surface area contributed by atoms with Crippen molar-refractivity contribution in [3.8, 4) is 0 Å². The maximum atomic E-state index is 5.83. The Morgan fingerprint density at radius 1 is 1.55 bits per heavy atom. The molecule has 0 aliphatic heterocycles. The zero-order chi connectivity index (χ0) is 8.27. The third kappa shape index (κ3) is 2.23. The van der Waals surface area contributed by atoms with Gasteiger partial charge in [-0.3, -0.25) is 0 Å². The van der Waals surface area contributed by atoms with Crippen molar-refractivity contribution in [2.75, 3.05) is 0 Å². The van der Waals surface area contributed by atoms with Gasteiger partial charge in [-0.2, -0.15) is 0 Å². The summed E-state index contributed by atoms with van der Waals surface area (Å²) in [7, 11) is 0. The molecule has 0 aliphatic carbocycles. The lowest BCUT2D eigenvalue weighted by Gasteiger charge is -2.07. The van der Waals surface area contributed by atoms with Crippen molar-refractivity contribution in [3.63, 3.8) is 0 Å². The van der Waals surface area contributed by atoms with Gasteiger partial charge in [0.05, 0.1) is 0 Å². The van der Waals surface area contributed by atoms with E-state index in [4.69, 9.17) is 11.6 Å². The van der Waals surface area contributed by atoms with Crippen LogP contribution in [0.1, 0.15) is 24.8 Å². The van der Waals surface area contributed by atoms with Crippen molar-refractivity contribution >= 4 is 11.6 Å². The zero-order valence-corrected chi connectivity index (χ0v) is 7.43. The Hall–Kier alpha value is -0.490.